The number of rotatable bonds is 14. The van der Waals surface area contributed by atoms with E-state index in [1.807, 2.05) is 54.6 Å². The summed E-state index contributed by atoms with van der Waals surface area (Å²) in [4.78, 5) is 66.1. The number of aliphatic hydroxyl groups is 2. The Hall–Kier alpha value is -6.72. The fourth-order valence-electron chi connectivity index (χ4n) is 8.40. The highest BCUT2D eigenvalue weighted by atomic mass is 16.6. The molecule has 1 fully saturated rings. The maximum absolute atomic E-state index is 13.8. The minimum absolute atomic E-state index is 0.0397. The molecule has 0 radical (unpaired) electrons. The van der Waals surface area contributed by atoms with Gasteiger partial charge in [0.2, 0.25) is 11.9 Å². The largest absolute Gasteiger partial charge is 0.497 e. The lowest BCUT2D eigenvalue weighted by atomic mass is 9.64. The highest BCUT2D eigenvalue weighted by molar-refractivity contribution is 6.21. The van der Waals surface area contributed by atoms with Gasteiger partial charge < -0.3 is 29.2 Å². The molecule has 3 amide bonds. The van der Waals surface area contributed by atoms with Crippen molar-refractivity contribution in [3.63, 3.8) is 0 Å². The minimum Gasteiger partial charge on any atom is -0.497 e. The Bertz CT molecular complexity index is 2580. The van der Waals surface area contributed by atoms with Gasteiger partial charge in [0.1, 0.15) is 42.1 Å². The monoisotopic (exact) mass is 842 g/mol. The van der Waals surface area contributed by atoms with Gasteiger partial charge in [0.15, 0.2) is 17.4 Å². The molecule has 2 aromatic heterocycles. The number of hydrogen-bond acceptors (Lipinski definition) is 12. The Balaban J connectivity index is 1.29. The highest BCUT2D eigenvalue weighted by Crippen LogP contribution is 2.48. The number of nitrogens with zero attached hydrogens (tertiary/aromatic N) is 4. The van der Waals surface area contributed by atoms with Gasteiger partial charge in [-0.05, 0) is 59.5 Å². The molecule has 2 unspecified atom stereocenters. The number of carbonyl (C=O) groups excluding carboxylic acids is 3. The van der Waals surface area contributed by atoms with Crippen LogP contribution in [0.2, 0.25) is 0 Å². The van der Waals surface area contributed by atoms with Crippen molar-refractivity contribution < 1.29 is 43.5 Å². The second kappa shape index (κ2) is 17.0. The number of carbonyl (C=O) groups is 3. The zero-order chi connectivity index (χ0) is 43.9. The van der Waals surface area contributed by atoms with E-state index < -0.39 is 71.5 Å². The van der Waals surface area contributed by atoms with Crippen molar-refractivity contribution in [1.82, 2.24) is 24.4 Å². The molecule has 6 aromatic rings. The summed E-state index contributed by atoms with van der Waals surface area (Å²) in [5.74, 6) is -1.01. The third-order valence-corrected chi connectivity index (χ3v) is 11.6. The van der Waals surface area contributed by atoms with Crippen molar-refractivity contribution in [2.24, 2.45) is 5.92 Å². The Morgan fingerprint density at radius 2 is 1.40 bits per heavy atom. The number of aromatic nitrogens is 4. The van der Waals surface area contributed by atoms with Crippen LogP contribution in [-0.4, -0.2) is 97.2 Å². The average Bonchev–Trinajstić information content (AvgIpc) is 3.94. The molecule has 2 aliphatic rings. The number of anilines is 1. The zero-order valence-corrected chi connectivity index (χ0v) is 34.6. The molecule has 1 saturated heterocycles. The van der Waals surface area contributed by atoms with E-state index in [-0.39, 0.29) is 34.7 Å². The molecule has 320 valence electrons. The molecule has 0 saturated carbocycles. The van der Waals surface area contributed by atoms with Gasteiger partial charge in [-0.2, -0.15) is 4.98 Å². The lowest BCUT2D eigenvalue weighted by Gasteiger charge is -2.43. The maximum atomic E-state index is 13.8. The van der Waals surface area contributed by atoms with E-state index in [1.165, 1.54) is 10.9 Å². The van der Waals surface area contributed by atoms with Gasteiger partial charge in [-0.1, -0.05) is 87.5 Å². The van der Waals surface area contributed by atoms with E-state index in [4.69, 9.17) is 18.9 Å². The summed E-state index contributed by atoms with van der Waals surface area (Å²) in [5.41, 5.74) is 0.00445. The molecule has 0 bridgehead atoms. The summed E-state index contributed by atoms with van der Waals surface area (Å²) in [6, 6.07) is 30.1. The molecule has 4 N–H and O–H groups in total. The summed E-state index contributed by atoms with van der Waals surface area (Å²) < 4.78 is 25.9. The fraction of sp³-hybridized carbons (Fsp3) is 0.304. The molecule has 62 heavy (non-hydrogen) atoms. The first-order valence-electron chi connectivity index (χ1n) is 20.2. The second-order valence-corrected chi connectivity index (χ2v) is 15.4. The standard InChI is InChI=1S/C46H46N6O10/c1-6-33(52-42(57)31-14-10-11-15-32(31)43(52)58)61-37-35(53)36(62-44(37)51-24-47-34-39(51)48-45(50-41(34)56)49-40(55)25(2)3)38(54)46(26-12-8-7-9-13-26,27-16-20-29(59-4)21-17-27)28-18-22-30(60-5)23-19-28/h7-25,33,35-38,44,53-54H,6H2,1-5H3,(H2,48,49,50,55,56)/t33?,35-,36+,37-,38?,44-/m1/s1. The van der Waals surface area contributed by atoms with Crippen molar-refractivity contribution in [3.05, 3.63) is 148 Å². The first kappa shape index (κ1) is 42.0. The Morgan fingerprint density at radius 1 is 0.855 bits per heavy atom. The third kappa shape index (κ3) is 7.09. The van der Waals surface area contributed by atoms with E-state index in [9.17, 15) is 29.4 Å². The first-order valence-corrected chi connectivity index (χ1v) is 20.2. The molecule has 6 atom stereocenters. The summed E-state index contributed by atoms with van der Waals surface area (Å²) in [7, 11) is 3.10. The SMILES string of the molecule is CCC(O[C@@H]1[C@H](O)[C@@H](C(O)C(c2ccccc2)(c2ccc(OC)cc2)c2ccc(OC)cc2)O[C@H]1n1cnc2c(=O)[nH]c(NC(=O)C(C)C)nc21)N1C(=O)c2ccccc2C1=O. The van der Waals surface area contributed by atoms with Crippen LogP contribution in [-0.2, 0) is 19.7 Å². The Labute approximate surface area is 356 Å². The Morgan fingerprint density at radius 3 is 1.94 bits per heavy atom. The number of fused-ring (bicyclic) bond motifs is 2. The van der Waals surface area contributed by atoms with E-state index in [0.717, 1.165) is 4.90 Å². The van der Waals surface area contributed by atoms with Gasteiger partial charge in [0.05, 0.1) is 37.1 Å². The molecular weight excluding hydrogens is 797 g/mol. The Kier molecular flexibility index (Phi) is 11.5. The van der Waals surface area contributed by atoms with E-state index in [2.05, 4.69) is 20.3 Å². The first-order chi connectivity index (χ1) is 29.9. The number of imidazole rings is 1. The van der Waals surface area contributed by atoms with Gasteiger partial charge in [-0.25, -0.2) is 9.88 Å². The minimum atomic E-state index is -1.67. The van der Waals surface area contributed by atoms with E-state index >= 15 is 0 Å². The number of amides is 3. The highest BCUT2D eigenvalue weighted by Gasteiger charge is 2.57. The van der Waals surface area contributed by atoms with E-state index in [0.29, 0.717) is 28.2 Å². The van der Waals surface area contributed by atoms with Crippen LogP contribution in [0.25, 0.3) is 11.2 Å². The van der Waals surface area contributed by atoms with Crippen molar-refractivity contribution in [3.8, 4) is 11.5 Å². The van der Waals surface area contributed by atoms with Crippen molar-refractivity contribution in [1.29, 1.82) is 0 Å². The van der Waals surface area contributed by atoms with E-state index in [1.54, 1.807) is 83.5 Å². The number of hydrogen-bond donors (Lipinski definition) is 4. The molecule has 8 rings (SSSR count). The third-order valence-electron chi connectivity index (χ3n) is 11.6. The summed E-state index contributed by atoms with van der Waals surface area (Å²) >= 11 is 0. The molecule has 16 heteroatoms. The fourth-order valence-corrected chi connectivity index (χ4v) is 8.40. The number of ether oxygens (including phenoxy) is 4. The zero-order valence-electron chi connectivity index (χ0n) is 34.6. The van der Waals surface area contributed by atoms with Crippen LogP contribution < -0.4 is 20.3 Å². The van der Waals surface area contributed by atoms with Crippen LogP contribution in [0.4, 0.5) is 5.95 Å². The number of aromatic amines is 1. The van der Waals surface area contributed by atoms with Crippen LogP contribution in [0.5, 0.6) is 11.5 Å². The molecule has 2 aliphatic heterocycles. The number of aliphatic hydroxyl groups excluding tert-OH is 2. The van der Waals surface area contributed by atoms with Gasteiger partial charge in [0, 0.05) is 5.92 Å². The second-order valence-electron chi connectivity index (χ2n) is 15.4. The van der Waals surface area contributed by atoms with Crippen LogP contribution >= 0.6 is 0 Å². The normalized spacial score (nSPS) is 19.8. The van der Waals surface area contributed by atoms with Crippen LogP contribution in [0, 0.1) is 5.92 Å². The number of methoxy groups -OCH3 is 2. The number of imide groups is 1. The van der Waals surface area contributed by atoms with Crippen molar-refractivity contribution in [2.75, 3.05) is 19.5 Å². The van der Waals surface area contributed by atoms with Crippen LogP contribution in [0.1, 0.15) is 70.8 Å². The smallest absolute Gasteiger partial charge is 0.280 e. The van der Waals surface area contributed by atoms with Crippen LogP contribution in [0.3, 0.4) is 0 Å². The van der Waals surface area contributed by atoms with Crippen LogP contribution in [0.15, 0.2) is 114 Å². The summed E-state index contributed by atoms with van der Waals surface area (Å²) in [6.45, 7) is 5.09. The summed E-state index contributed by atoms with van der Waals surface area (Å²) in [5, 5.41) is 28.6. The molecular formula is C46H46N6O10. The lowest BCUT2D eigenvalue weighted by molar-refractivity contribution is -0.132. The van der Waals surface area contributed by atoms with Gasteiger partial charge in [-0.3, -0.25) is 34.0 Å². The molecule has 4 heterocycles. The predicted octanol–water partition coefficient (Wildman–Crippen LogP) is 4.80. The van der Waals surface area contributed by atoms with Gasteiger partial charge in [-0.15, -0.1) is 0 Å². The van der Waals surface area contributed by atoms with Gasteiger partial charge >= 0.3 is 0 Å². The maximum Gasteiger partial charge on any atom is 0.280 e. The molecule has 4 aromatic carbocycles. The number of H-pyrrole nitrogens is 1. The van der Waals surface area contributed by atoms with Gasteiger partial charge in [0.25, 0.3) is 17.4 Å². The predicted molar refractivity (Wildman–Crippen MR) is 226 cm³/mol. The average molecular weight is 843 g/mol. The molecule has 16 nitrogen and oxygen atoms in total. The molecule has 0 spiro atoms. The number of benzene rings is 4. The lowest BCUT2D eigenvalue weighted by Crippen LogP contribution is -2.53. The topological polar surface area (TPSA) is 207 Å². The summed E-state index contributed by atoms with van der Waals surface area (Å²) in [6.07, 6.45) is -7.41. The van der Waals surface area contributed by atoms with Crippen molar-refractivity contribution in [2.45, 2.75) is 69.5 Å². The van der Waals surface area contributed by atoms with Crippen molar-refractivity contribution >= 4 is 34.8 Å². The number of nitrogens with one attached hydrogen (secondary N) is 2. The quantitative estimate of drug-likeness (QED) is 0.0862. The molecule has 0 aliphatic carbocycles.